The lowest BCUT2D eigenvalue weighted by Crippen LogP contribution is -2.04. The zero-order valence-electron chi connectivity index (χ0n) is 13.3. The lowest BCUT2D eigenvalue weighted by Gasteiger charge is -2.10. The van der Waals surface area contributed by atoms with Crippen LogP contribution in [0.5, 0.6) is 0 Å². The molecule has 0 atom stereocenters. The Bertz CT molecular complexity index is 1350. The van der Waals surface area contributed by atoms with E-state index in [1.165, 1.54) is 12.1 Å². The summed E-state index contributed by atoms with van der Waals surface area (Å²) in [5.74, 6) is -9.52. The number of H-pyrrole nitrogens is 1. The van der Waals surface area contributed by atoms with Crippen LogP contribution in [-0.2, 0) is 0 Å². The zero-order valence-corrected chi connectivity index (χ0v) is 13.3. The Morgan fingerprint density at radius 2 is 1.41 bits per heavy atom. The SMILES string of the molecule is Fc1c(F)c(F)c(-c2cccc3[nH]c4nc5ccccc5n4c23)c(F)c1F. The van der Waals surface area contributed by atoms with E-state index < -0.39 is 34.6 Å². The second kappa shape index (κ2) is 5.29. The van der Waals surface area contributed by atoms with E-state index in [-0.39, 0.29) is 11.1 Å². The van der Waals surface area contributed by atoms with Crippen molar-refractivity contribution in [2.75, 3.05) is 0 Å². The van der Waals surface area contributed by atoms with Crippen molar-refractivity contribution in [2.24, 2.45) is 0 Å². The van der Waals surface area contributed by atoms with Crippen LogP contribution in [0.1, 0.15) is 0 Å². The smallest absolute Gasteiger partial charge is 0.213 e. The summed E-state index contributed by atoms with van der Waals surface area (Å²) >= 11 is 0. The normalized spacial score (nSPS) is 11.9. The molecule has 2 heterocycles. The summed E-state index contributed by atoms with van der Waals surface area (Å²) in [5.41, 5.74) is 0.868. The molecule has 0 bridgehead atoms. The molecule has 0 unspecified atom stereocenters. The number of nitrogens with one attached hydrogen (secondary N) is 1. The van der Waals surface area contributed by atoms with Crippen LogP contribution in [0.2, 0.25) is 0 Å². The Balaban J connectivity index is 2.00. The van der Waals surface area contributed by atoms with Gasteiger partial charge in [0, 0.05) is 5.56 Å². The molecule has 0 spiro atoms. The van der Waals surface area contributed by atoms with Crippen molar-refractivity contribution in [3.8, 4) is 11.1 Å². The van der Waals surface area contributed by atoms with Gasteiger partial charge in [-0.3, -0.25) is 4.40 Å². The van der Waals surface area contributed by atoms with Crippen molar-refractivity contribution in [3.63, 3.8) is 0 Å². The molecule has 134 valence electrons. The van der Waals surface area contributed by atoms with Gasteiger partial charge in [0.2, 0.25) is 11.6 Å². The summed E-state index contributed by atoms with van der Waals surface area (Å²) in [6, 6.07) is 11.4. The van der Waals surface area contributed by atoms with Crippen molar-refractivity contribution in [1.29, 1.82) is 0 Å². The molecular weight excluding hydrogens is 365 g/mol. The molecule has 3 aromatic carbocycles. The third kappa shape index (κ3) is 1.98. The van der Waals surface area contributed by atoms with Gasteiger partial charge in [0.1, 0.15) is 0 Å². The Hall–Kier alpha value is -3.42. The Morgan fingerprint density at radius 3 is 2.15 bits per heavy atom. The van der Waals surface area contributed by atoms with Crippen LogP contribution in [0.4, 0.5) is 22.0 Å². The fourth-order valence-corrected chi connectivity index (χ4v) is 3.39. The summed E-state index contributed by atoms with van der Waals surface area (Å²) in [6.07, 6.45) is 0. The van der Waals surface area contributed by atoms with E-state index in [1.54, 1.807) is 34.7 Å². The van der Waals surface area contributed by atoms with Gasteiger partial charge >= 0.3 is 0 Å². The Labute approximate surface area is 147 Å². The number of hydrogen-bond donors (Lipinski definition) is 1. The van der Waals surface area contributed by atoms with Gasteiger partial charge in [-0.05, 0) is 18.2 Å². The molecule has 1 N–H and O–H groups in total. The van der Waals surface area contributed by atoms with E-state index in [4.69, 9.17) is 0 Å². The standard InChI is InChI=1S/C19H8F5N3/c20-13-12(14(21)16(23)17(24)15(13)22)8-4-3-6-10-18(8)27-11-7-2-1-5-9(11)25-19(27)26-10/h1-7H,(H,25,26). The van der Waals surface area contributed by atoms with Crippen molar-refractivity contribution in [1.82, 2.24) is 14.4 Å². The van der Waals surface area contributed by atoms with Crippen molar-refractivity contribution in [2.45, 2.75) is 0 Å². The van der Waals surface area contributed by atoms with E-state index >= 15 is 0 Å². The van der Waals surface area contributed by atoms with Crippen LogP contribution < -0.4 is 0 Å². The lowest BCUT2D eigenvalue weighted by molar-refractivity contribution is 0.381. The third-order valence-electron chi connectivity index (χ3n) is 4.55. The van der Waals surface area contributed by atoms with Crippen molar-refractivity contribution >= 4 is 27.8 Å². The van der Waals surface area contributed by atoms with Crippen LogP contribution >= 0.6 is 0 Å². The maximum Gasteiger partial charge on any atom is 0.213 e. The highest BCUT2D eigenvalue weighted by atomic mass is 19.2. The number of rotatable bonds is 1. The molecule has 2 aromatic heterocycles. The van der Waals surface area contributed by atoms with Gasteiger partial charge in [0.15, 0.2) is 23.3 Å². The molecule has 0 amide bonds. The highest BCUT2D eigenvalue weighted by Gasteiger charge is 2.28. The van der Waals surface area contributed by atoms with Crippen LogP contribution in [0.25, 0.3) is 39.0 Å². The van der Waals surface area contributed by atoms with Crippen LogP contribution in [0.3, 0.4) is 0 Å². The quantitative estimate of drug-likeness (QED) is 0.240. The molecule has 27 heavy (non-hydrogen) atoms. The molecule has 0 saturated carbocycles. The predicted molar refractivity (Wildman–Crippen MR) is 89.8 cm³/mol. The van der Waals surface area contributed by atoms with Gasteiger partial charge in [-0.2, -0.15) is 0 Å². The van der Waals surface area contributed by atoms with Gasteiger partial charge in [-0.1, -0.05) is 24.3 Å². The Morgan fingerprint density at radius 1 is 0.741 bits per heavy atom. The summed E-state index contributed by atoms with van der Waals surface area (Å²) in [4.78, 5) is 7.40. The first-order valence-electron chi connectivity index (χ1n) is 7.88. The highest BCUT2D eigenvalue weighted by molar-refractivity contribution is 5.98. The number of nitrogens with zero attached hydrogens (tertiary/aromatic N) is 2. The number of para-hydroxylation sites is 3. The van der Waals surface area contributed by atoms with E-state index in [9.17, 15) is 22.0 Å². The average molecular weight is 373 g/mol. The second-order valence-corrected chi connectivity index (χ2v) is 6.03. The van der Waals surface area contributed by atoms with Gasteiger partial charge in [0.05, 0.1) is 27.6 Å². The van der Waals surface area contributed by atoms with Gasteiger partial charge in [0.25, 0.3) is 0 Å². The molecular formula is C19H8F5N3. The molecule has 0 saturated heterocycles. The lowest BCUT2D eigenvalue weighted by atomic mass is 10.0. The maximum atomic E-state index is 14.4. The first-order chi connectivity index (χ1) is 13.0. The molecule has 0 fully saturated rings. The molecule has 0 radical (unpaired) electrons. The topological polar surface area (TPSA) is 33.1 Å². The molecule has 0 aliphatic rings. The molecule has 8 heteroatoms. The minimum absolute atomic E-state index is 0.130. The van der Waals surface area contributed by atoms with E-state index in [2.05, 4.69) is 9.97 Å². The first kappa shape index (κ1) is 15.8. The summed E-state index contributed by atoms with van der Waals surface area (Å²) in [6.45, 7) is 0. The average Bonchev–Trinajstić information content (AvgIpc) is 3.21. The van der Waals surface area contributed by atoms with Crippen LogP contribution in [-0.4, -0.2) is 14.4 Å². The van der Waals surface area contributed by atoms with Crippen LogP contribution in [0.15, 0.2) is 42.5 Å². The molecule has 0 aliphatic carbocycles. The molecule has 5 aromatic rings. The van der Waals surface area contributed by atoms with Gasteiger partial charge in [-0.25, -0.2) is 26.9 Å². The van der Waals surface area contributed by atoms with Gasteiger partial charge in [-0.15, -0.1) is 0 Å². The number of fused-ring (bicyclic) bond motifs is 5. The fourth-order valence-electron chi connectivity index (χ4n) is 3.39. The number of halogens is 5. The first-order valence-corrected chi connectivity index (χ1v) is 7.88. The summed E-state index contributed by atoms with van der Waals surface area (Å²) < 4.78 is 71.3. The maximum absolute atomic E-state index is 14.4. The number of hydrogen-bond acceptors (Lipinski definition) is 1. The monoisotopic (exact) mass is 373 g/mol. The molecule has 0 aliphatic heterocycles. The van der Waals surface area contributed by atoms with E-state index in [1.807, 2.05) is 0 Å². The van der Waals surface area contributed by atoms with E-state index in [0.717, 1.165) is 0 Å². The third-order valence-corrected chi connectivity index (χ3v) is 4.55. The predicted octanol–water partition coefficient (Wildman–Crippen LogP) is 5.33. The largest absolute Gasteiger partial charge is 0.323 e. The number of aromatic nitrogens is 3. The summed E-state index contributed by atoms with van der Waals surface area (Å²) in [5, 5.41) is 0. The highest BCUT2D eigenvalue weighted by Crippen LogP contribution is 2.37. The second-order valence-electron chi connectivity index (χ2n) is 6.03. The minimum atomic E-state index is -2.19. The number of benzene rings is 3. The molecule has 3 nitrogen and oxygen atoms in total. The minimum Gasteiger partial charge on any atom is -0.323 e. The van der Waals surface area contributed by atoms with Gasteiger partial charge < -0.3 is 4.98 Å². The zero-order chi connectivity index (χ0) is 18.9. The van der Waals surface area contributed by atoms with Crippen molar-refractivity contribution in [3.05, 3.63) is 71.6 Å². The number of aromatic amines is 1. The van der Waals surface area contributed by atoms with Crippen LogP contribution in [0, 0.1) is 29.1 Å². The number of imidazole rings is 2. The van der Waals surface area contributed by atoms with Crippen molar-refractivity contribution < 1.29 is 22.0 Å². The summed E-state index contributed by atoms with van der Waals surface area (Å²) in [7, 11) is 0. The van der Waals surface area contributed by atoms with E-state index in [0.29, 0.717) is 22.3 Å². The Kier molecular flexibility index (Phi) is 3.10. The molecule has 5 rings (SSSR count). The fraction of sp³-hybridized carbons (Fsp3) is 0.